The van der Waals surface area contributed by atoms with Crippen molar-refractivity contribution in [2.45, 2.75) is 33.8 Å². The predicted octanol–water partition coefficient (Wildman–Crippen LogP) is 2.18. The normalized spacial score (nSPS) is 19.2. The molecule has 0 aromatic rings. The highest BCUT2D eigenvalue weighted by Crippen LogP contribution is 2.45. The molecule has 5 heteroatoms. The zero-order valence-electron chi connectivity index (χ0n) is 7.98. The highest BCUT2D eigenvalue weighted by molar-refractivity contribution is 7.47. The topological polar surface area (TPSA) is 55.8 Å². The van der Waals surface area contributed by atoms with Crippen LogP contribution in [0.1, 0.15) is 27.7 Å². The molecule has 2 unspecified atom stereocenters. The van der Waals surface area contributed by atoms with Gasteiger partial charge in [-0.25, -0.2) is 4.57 Å². The number of phosphoric ester groups is 1. The van der Waals surface area contributed by atoms with Crippen molar-refractivity contribution in [3.63, 3.8) is 0 Å². The van der Waals surface area contributed by atoms with E-state index < -0.39 is 7.82 Å². The molecule has 4 nitrogen and oxygen atoms in total. The maximum atomic E-state index is 11.0. The molecule has 2 atom stereocenters. The second kappa shape index (κ2) is 4.97. The summed E-state index contributed by atoms with van der Waals surface area (Å²) in [5, 5.41) is 0. The van der Waals surface area contributed by atoms with E-state index in [1.165, 1.54) is 0 Å². The molecule has 0 bridgehead atoms. The highest BCUT2D eigenvalue weighted by Gasteiger charge is 2.24. The van der Waals surface area contributed by atoms with Crippen LogP contribution in [-0.4, -0.2) is 17.6 Å². The van der Waals surface area contributed by atoms with Crippen LogP contribution in [0.4, 0.5) is 0 Å². The lowest BCUT2D eigenvalue weighted by atomic mass is 10.1. The van der Waals surface area contributed by atoms with Crippen LogP contribution in [-0.2, 0) is 13.6 Å². The second-order valence-electron chi connectivity index (χ2n) is 2.94. The molecular formula is C7H17O4P. The SMILES string of the molecule is CCOP(=O)(O)OC(C)C(C)C. The van der Waals surface area contributed by atoms with Crippen molar-refractivity contribution >= 4 is 7.82 Å². The third kappa shape index (κ3) is 4.88. The Morgan fingerprint density at radius 2 is 1.92 bits per heavy atom. The van der Waals surface area contributed by atoms with E-state index >= 15 is 0 Å². The van der Waals surface area contributed by atoms with Crippen molar-refractivity contribution in [1.29, 1.82) is 0 Å². The molecule has 0 saturated carbocycles. The first-order chi connectivity index (χ1) is 5.39. The van der Waals surface area contributed by atoms with Gasteiger partial charge < -0.3 is 4.89 Å². The van der Waals surface area contributed by atoms with E-state index in [1.807, 2.05) is 13.8 Å². The lowest BCUT2D eigenvalue weighted by Gasteiger charge is -2.19. The highest BCUT2D eigenvalue weighted by atomic mass is 31.2. The van der Waals surface area contributed by atoms with E-state index in [4.69, 9.17) is 9.42 Å². The Morgan fingerprint density at radius 1 is 1.42 bits per heavy atom. The quantitative estimate of drug-likeness (QED) is 0.684. The van der Waals surface area contributed by atoms with Crippen molar-refractivity contribution in [2.24, 2.45) is 5.92 Å². The van der Waals surface area contributed by atoms with Gasteiger partial charge in [-0.1, -0.05) is 13.8 Å². The molecule has 0 aliphatic rings. The van der Waals surface area contributed by atoms with Crippen molar-refractivity contribution in [1.82, 2.24) is 0 Å². The van der Waals surface area contributed by atoms with Crippen LogP contribution in [0, 0.1) is 5.92 Å². The van der Waals surface area contributed by atoms with E-state index in [-0.39, 0.29) is 18.6 Å². The lowest BCUT2D eigenvalue weighted by molar-refractivity contribution is 0.0921. The van der Waals surface area contributed by atoms with E-state index in [9.17, 15) is 4.57 Å². The standard InChI is InChI=1S/C7H17O4P/c1-5-10-12(8,9)11-7(4)6(2)3/h6-7H,5H2,1-4H3,(H,8,9). The summed E-state index contributed by atoms with van der Waals surface area (Å²) in [5.74, 6) is 0.200. The van der Waals surface area contributed by atoms with Gasteiger partial charge in [0.15, 0.2) is 0 Å². The Balaban J connectivity index is 3.97. The fourth-order valence-corrected chi connectivity index (χ4v) is 1.58. The smallest absolute Gasteiger partial charge is 0.302 e. The minimum atomic E-state index is -3.80. The summed E-state index contributed by atoms with van der Waals surface area (Å²) in [6, 6.07) is 0. The van der Waals surface area contributed by atoms with E-state index in [0.29, 0.717) is 0 Å². The summed E-state index contributed by atoms with van der Waals surface area (Å²) in [5.41, 5.74) is 0. The van der Waals surface area contributed by atoms with Gasteiger partial charge in [-0.2, -0.15) is 0 Å². The fourth-order valence-electron chi connectivity index (χ4n) is 0.525. The Bertz CT molecular complexity index is 169. The number of phosphoric acid groups is 1. The zero-order chi connectivity index (χ0) is 9.78. The largest absolute Gasteiger partial charge is 0.472 e. The van der Waals surface area contributed by atoms with E-state index in [0.717, 1.165) is 0 Å². The zero-order valence-corrected chi connectivity index (χ0v) is 8.88. The molecule has 0 aliphatic carbocycles. The fraction of sp³-hybridized carbons (Fsp3) is 1.00. The Hall–Kier alpha value is 0.110. The van der Waals surface area contributed by atoms with Crippen molar-refractivity contribution in [3.8, 4) is 0 Å². The van der Waals surface area contributed by atoms with E-state index in [1.54, 1.807) is 13.8 Å². The van der Waals surface area contributed by atoms with Crippen LogP contribution < -0.4 is 0 Å². The van der Waals surface area contributed by atoms with Gasteiger partial charge in [-0.05, 0) is 19.8 Å². The molecule has 0 heterocycles. The molecule has 12 heavy (non-hydrogen) atoms. The summed E-state index contributed by atoms with van der Waals surface area (Å²) in [6.07, 6.45) is -0.271. The van der Waals surface area contributed by atoms with Gasteiger partial charge in [0.1, 0.15) is 0 Å². The van der Waals surface area contributed by atoms with E-state index in [2.05, 4.69) is 4.52 Å². The van der Waals surface area contributed by atoms with Crippen molar-refractivity contribution in [2.75, 3.05) is 6.61 Å². The maximum absolute atomic E-state index is 11.0. The van der Waals surface area contributed by atoms with Crippen LogP contribution in [0.5, 0.6) is 0 Å². The molecule has 0 rings (SSSR count). The molecule has 0 aromatic carbocycles. The van der Waals surface area contributed by atoms with Crippen LogP contribution in [0.3, 0.4) is 0 Å². The van der Waals surface area contributed by atoms with Gasteiger partial charge in [0.2, 0.25) is 0 Å². The predicted molar refractivity (Wildman–Crippen MR) is 46.8 cm³/mol. The number of hydrogen-bond donors (Lipinski definition) is 1. The summed E-state index contributed by atoms with van der Waals surface area (Å²) >= 11 is 0. The molecule has 0 fully saturated rings. The number of rotatable bonds is 5. The Morgan fingerprint density at radius 3 is 2.25 bits per heavy atom. The average Bonchev–Trinajstić information content (AvgIpc) is 1.85. The molecular weight excluding hydrogens is 179 g/mol. The van der Waals surface area contributed by atoms with Gasteiger partial charge in [-0.15, -0.1) is 0 Å². The number of hydrogen-bond acceptors (Lipinski definition) is 3. The Labute approximate surface area is 73.5 Å². The van der Waals surface area contributed by atoms with Gasteiger partial charge in [0, 0.05) is 0 Å². The van der Waals surface area contributed by atoms with Crippen LogP contribution in [0.15, 0.2) is 0 Å². The maximum Gasteiger partial charge on any atom is 0.472 e. The molecule has 0 spiro atoms. The van der Waals surface area contributed by atoms with Crippen LogP contribution >= 0.6 is 7.82 Å². The summed E-state index contributed by atoms with van der Waals surface area (Å²) < 4.78 is 20.4. The molecule has 0 aliphatic heterocycles. The average molecular weight is 196 g/mol. The van der Waals surface area contributed by atoms with Gasteiger partial charge in [-0.3, -0.25) is 9.05 Å². The van der Waals surface area contributed by atoms with Gasteiger partial charge in [0.25, 0.3) is 0 Å². The lowest BCUT2D eigenvalue weighted by Crippen LogP contribution is -2.14. The minimum Gasteiger partial charge on any atom is -0.302 e. The summed E-state index contributed by atoms with van der Waals surface area (Å²) in [6.45, 7) is 7.39. The monoisotopic (exact) mass is 196 g/mol. The Kier molecular flexibility index (Phi) is 5.02. The first-order valence-electron chi connectivity index (χ1n) is 4.04. The van der Waals surface area contributed by atoms with Crippen molar-refractivity contribution in [3.05, 3.63) is 0 Å². The first-order valence-corrected chi connectivity index (χ1v) is 5.54. The van der Waals surface area contributed by atoms with Crippen LogP contribution in [0.25, 0.3) is 0 Å². The molecule has 0 radical (unpaired) electrons. The molecule has 0 aromatic heterocycles. The molecule has 0 amide bonds. The van der Waals surface area contributed by atoms with Gasteiger partial charge >= 0.3 is 7.82 Å². The molecule has 1 N–H and O–H groups in total. The third-order valence-corrected chi connectivity index (χ3v) is 2.71. The third-order valence-electron chi connectivity index (χ3n) is 1.53. The summed E-state index contributed by atoms with van der Waals surface area (Å²) in [4.78, 5) is 9.04. The van der Waals surface area contributed by atoms with Crippen LogP contribution in [0.2, 0.25) is 0 Å². The minimum absolute atomic E-state index is 0.179. The first kappa shape index (κ1) is 12.1. The van der Waals surface area contributed by atoms with Crippen molar-refractivity contribution < 1.29 is 18.5 Å². The summed E-state index contributed by atoms with van der Waals surface area (Å²) in [7, 11) is -3.80. The second-order valence-corrected chi connectivity index (χ2v) is 4.35. The molecule has 0 saturated heterocycles. The van der Waals surface area contributed by atoms with Gasteiger partial charge in [0.05, 0.1) is 12.7 Å². The molecule has 74 valence electrons.